The molecule has 0 aromatic heterocycles. The summed E-state index contributed by atoms with van der Waals surface area (Å²) in [6.45, 7) is 9.74. The zero-order valence-electron chi connectivity index (χ0n) is 11.8. The molecule has 2 rings (SSSR count). The summed E-state index contributed by atoms with van der Waals surface area (Å²) in [5, 5.41) is 10.1. The standard InChI is InChI=1S/C13H24O5/c1-6-9-11(18-13(4,5)16-9)10-8(14)7-15-12(2,3)17-10/h8-11,14H,6-7H2,1-5H3/t8?,9-,10-,11?/m1/s1. The minimum Gasteiger partial charge on any atom is -0.388 e. The van der Waals surface area contributed by atoms with E-state index in [0.29, 0.717) is 0 Å². The first-order chi connectivity index (χ1) is 8.24. The van der Waals surface area contributed by atoms with Crippen LogP contribution in [0, 0.1) is 0 Å². The maximum absolute atomic E-state index is 10.1. The van der Waals surface area contributed by atoms with Crippen molar-refractivity contribution in [2.24, 2.45) is 0 Å². The third kappa shape index (κ3) is 2.86. The van der Waals surface area contributed by atoms with E-state index >= 15 is 0 Å². The fourth-order valence-electron chi connectivity index (χ4n) is 2.56. The van der Waals surface area contributed by atoms with Gasteiger partial charge in [-0.3, -0.25) is 0 Å². The highest BCUT2D eigenvalue weighted by atomic mass is 16.8. The molecule has 2 aliphatic rings. The van der Waals surface area contributed by atoms with Gasteiger partial charge in [0, 0.05) is 0 Å². The minimum atomic E-state index is -0.696. The summed E-state index contributed by atoms with van der Waals surface area (Å²) in [6.07, 6.45) is -0.603. The maximum Gasteiger partial charge on any atom is 0.163 e. The quantitative estimate of drug-likeness (QED) is 0.814. The molecule has 0 amide bonds. The van der Waals surface area contributed by atoms with Gasteiger partial charge < -0.3 is 24.1 Å². The largest absolute Gasteiger partial charge is 0.388 e. The van der Waals surface area contributed by atoms with Crippen LogP contribution in [0.1, 0.15) is 41.0 Å². The van der Waals surface area contributed by atoms with Crippen LogP contribution in [0.25, 0.3) is 0 Å². The molecule has 0 aliphatic carbocycles. The van der Waals surface area contributed by atoms with E-state index in [2.05, 4.69) is 0 Å². The van der Waals surface area contributed by atoms with Gasteiger partial charge in [0.1, 0.15) is 18.3 Å². The zero-order valence-corrected chi connectivity index (χ0v) is 11.8. The molecular weight excluding hydrogens is 236 g/mol. The van der Waals surface area contributed by atoms with Crippen LogP contribution in [0.5, 0.6) is 0 Å². The van der Waals surface area contributed by atoms with Crippen molar-refractivity contribution in [3.8, 4) is 0 Å². The van der Waals surface area contributed by atoms with E-state index in [4.69, 9.17) is 18.9 Å². The molecule has 2 heterocycles. The van der Waals surface area contributed by atoms with Crippen molar-refractivity contribution in [3.63, 3.8) is 0 Å². The Kier molecular flexibility index (Phi) is 3.73. The second-order valence-corrected chi connectivity index (χ2v) is 5.91. The number of aliphatic hydroxyl groups excluding tert-OH is 1. The molecule has 5 nitrogen and oxygen atoms in total. The second kappa shape index (κ2) is 4.72. The molecule has 0 saturated carbocycles. The van der Waals surface area contributed by atoms with Gasteiger partial charge in [0.05, 0.1) is 12.7 Å². The van der Waals surface area contributed by atoms with Gasteiger partial charge in [-0.15, -0.1) is 0 Å². The SMILES string of the molecule is CC[C@H]1OC(C)(C)OC1[C@@H]1OC(C)(C)OCC1O. The summed E-state index contributed by atoms with van der Waals surface area (Å²) in [5.74, 6) is -1.32. The molecule has 4 atom stereocenters. The molecule has 0 aromatic carbocycles. The Balaban J connectivity index is 2.13. The van der Waals surface area contributed by atoms with Crippen LogP contribution in [-0.4, -0.2) is 47.7 Å². The van der Waals surface area contributed by atoms with Crippen molar-refractivity contribution in [1.82, 2.24) is 0 Å². The molecule has 2 aliphatic heterocycles. The Morgan fingerprint density at radius 1 is 1.00 bits per heavy atom. The van der Waals surface area contributed by atoms with Gasteiger partial charge in [-0.1, -0.05) is 6.92 Å². The van der Waals surface area contributed by atoms with E-state index in [1.807, 2.05) is 34.6 Å². The average molecular weight is 260 g/mol. The van der Waals surface area contributed by atoms with Crippen LogP contribution in [-0.2, 0) is 18.9 Å². The van der Waals surface area contributed by atoms with Gasteiger partial charge in [-0.25, -0.2) is 0 Å². The summed E-state index contributed by atoms with van der Waals surface area (Å²) in [4.78, 5) is 0. The van der Waals surface area contributed by atoms with Gasteiger partial charge in [-0.05, 0) is 34.1 Å². The van der Waals surface area contributed by atoms with Gasteiger partial charge in [0.2, 0.25) is 0 Å². The lowest BCUT2D eigenvalue weighted by Crippen LogP contribution is -2.55. The van der Waals surface area contributed by atoms with E-state index in [0.717, 1.165) is 6.42 Å². The molecule has 106 valence electrons. The van der Waals surface area contributed by atoms with Gasteiger partial charge in [-0.2, -0.15) is 0 Å². The third-order valence-electron chi connectivity index (χ3n) is 3.35. The van der Waals surface area contributed by atoms with Crippen molar-refractivity contribution in [2.45, 2.75) is 77.0 Å². The Morgan fingerprint density at radius 2 is 1.61 bits per heavy atom. The molecular formula is C13H24O5. The van der Waals surface area contributed by atoms with E-state index in [1.54, 1.807) is 0 Å². The molecule has 1 N–H and O–H groups in total. The zero-order chi connectivity index (χ0) is 13.6. The molecule has 0 spiro atoms. The highest BCUT2D eigenvalue weighted by Gasteiger charge is 2.50. The monoisotopic (exact) mass is 260 g/mol. The number of aliphatic hydroxyl groups is 1. The minimum absolute atomic E-state index is 0.0615. The summed E-state index contributed by atoms with van der Waals surface area (Å²) in [7, 11) is 0. The predicted octanol–water partition coefficient (Wildman–Crippen LogP) is 1.43. The normalized spacial score (nSPS) is 43.0. The Bertz CT molecular complexity index is 300. The van der Waals surface area contributed by atoms with Gasteiger partial charge in [0.25, 0.3) is 0 Å². The van der Waals surface area contributed by atoms with Crippen LogP contribution in [0.2, 0.25) is 0 Å². The second-order valence-electron chi connectivity index (χ2n) is 5.91. The molecule has 0 radical (unpaired) electrons. The summed E-state index contributed by atoms with van der Waals surface area (Å²) >= 11 is 0. The third-order valence-corrected chi connectivity index (χ3v) is 3.35. The van der Waals surface area contributed by atoms with Crippen LogP contribution in [0.3, 0.4) is 0 Å². The first-order valence-corrected chi connectivity index (χ1v) is 6.59. The van der Waals surface area contributed by atoms with Gasteiger partial charge in [0.15, 0.2) is 11.6 Å². The Hall–Kier alpha value is -0.200. The van der Waals surface area contributed by atoms with Crippen LogP contribution in [0.4, 0.5) is 0 Å². The molecule has 18 heavy (non-hydrogen) atoms. The van der Waals surface area contributed by atoms with Crippen molar-refractivity contribution >= 4 is 0 Å². The highest BCUT2D eigenvalue weighted by Crippen LogP contribution is 2.36. The van der Waals surface area contributed by atoms with Crippen LogP contribution < -0.4 is 0 Å². The van der Waals surface area contributed by atoms with Crippen molar-refractivity contribution in [3.05, 3.63) is 0 Å². The summed E-state index contributed by atoms with van der Waals surface area (Å²) in [6, 6.07) is 0. The molecule has 0 aromatic rings. The van der Waals surface area contributed by atoms with Gasteiger partial charge >= 0.3 is 0 Å². The first-order valence-electron chi connectivity index (χ1n) is 6.59. The summed E-state index contributed by atoms with van der Waals surface area (Å²) in [5.41, 5.74) is 0. The lowest BCUT2D eigenvalue weighted by molar-refractivity contribution is -0.322. The lowest BCUT2D eigenvalue weighted by atomic mass is 10.00. The summed E-state index contributed by atoms with van der Waals surface area (Å²) < 4.78 is 23.0. The number of rotatable bonds is 2. The first kappa shape index (κ1) is 14.2. The maximum atomic E-state index is 10.1. The topological polar surface area (TPSA) is 57.2 Å². The number of hydrogen-bond donors (Lipinski definition) is 1. The molecule has 2 fully saturated rings. The van der Waals surface area contributed by atoms with E-state index in [9.17, 15) is 5.11 Å². The molecule has 0 bridgehead atoms. The molecule has 2 saturated heterocycles. The number of ether oxygens (including phenoxy) is 4. The van der Waals surface area contributed by atoms with E-state index in [-0.39, 0.29) is 18.8 Å². The van der Waals surface area contributed by atoms with Crippen LogP contribution >= 0.6 is 0 Å². The molecule has 5 heteroatoms. The smallest absolute Gasteiger partial charge is 0.163 e. The van der Waals surface area contributed by atoms with Crippen molar-refractivity contribution in [1.29, 1.82) is 0 Å². The molecule has 2 unspecified atom stereocenters. The Morgan fingerprint density at radius 3 is 2.22 bits per heavy atom. The van der Waals surface area contributed by atoms with E-state index < -0.39 is 23.8 Å². The predicted molar refractivity (Wildman–Crippen MR) is 65.0 cm³/mol. The van der Waals surface area contributed by atoms with Crippen molar-refractivity contribution < 1.29 is 24.1 Å². The average Bonchev–Trinajstić information content (AvgIpc) is 2.57. The van der Waals surface area contributed by atoms with Crippen molar-refractivity contribution in [2.75, 3.05) is 6.61 Å². The van der Waals surface area contributed by atoms with Crippen LogP contribution in [0.15, 0.2) is 0 Å². The lowest BCUT2D eigenvalue weighted by Gasteiger charge is -2.41. The highest BCUT2D eigenvalue weighted by molar-refractivity contribution is 4.92. The fraction of sp³-hybridized carbons (Fsp3) is 1.00. The fourth-order valence-corrected chi connectivity index (χ4v) is 2.56. The number of hydrogen-bond acceptors (Lipinski definition) is 5. The Labute approximate surface area is 108 Å². The van der Waals surface area contributed by atoms with E-state index in [1.165, 1.54) is 0 Å².